The van der Waals surface area contributed by atoms with E-state index in [0.717, 1.165) is 25.0 Å². The Hall–Kier alpha value is -3.52. The van der Waals surface area contributed by atoms with Crippen LogP contribution in [0, 0.1) is 0 Å². The highest BCUT2D eigenvalue weighted by Gasteiger charge is 2.15. The molecule has 0 aliphatic carbocycles. The molecule has 4 rings (SSSR count). The monoisotopic (exact) mass is 434 g/mol. The molecule has 1 saturated heterocycles. The van der Waals surface area contributed by atoms with Crippen LogP contribution in [-0.4, -0.2) is 53.3 Å². The van der Waals surface area contributed by atoms with Crippen molar-refractivity contribution >= 4 is 22.6 Å². The lowest BCUT2D eigenvalue weighted by Gasteiger charge is -2.16. The number of esters is 1. The first-order valence-corrected chi connectivity index (χ1v) is 10.7. The van der Waals surface area contributed by atoms with Gasteiger partial charge in [-0.2, -0.15) is 5.10 Å². The van der Waals surface area contributed by atoms with E-state index < -0.39 is 5.97 Å². The summed E-state index contributed by atoms with van der Waals surface area (Å²) in [6.07, 6.45) is 2.38. The van der Waals surface area contributed by atoms with Crippen LogP contribution < -0.4 is 10.9 Å². The van der Waals surface area contributed by atoms with Crippen LogP contribution in [0.5, 0.6) is 0 Å². The molecule has 8 nitrogen and oxygen atoms in total. The van der Waals surface area contributed by atoms with Crippen molar-refractivity contribution < 1.29 is 14.3 Å². The molecular formula is C24H26N4O4. The molecule has 3 aromatic rings. The molecule has 1 aromatic heterocycles. The summed E-state index contributed by atoms with van der Waals surface area (Å²) in [5.41, 5.74) is 1.32. The molecule has 1 aliphatic rings. The van der Waals surface area contributed by atoms with Crippen LogP contribution in [0.3, 0.4) is 0 Å². The molecule has 1 aliphatic heterocycles. The Morgan fingerprint density at radius 3 is 2.31 bits per heavy atom. The molecular weight excluding hydrogens is 408 g/mol. The van der Waals surface area contributed by atoms with Gasteiger partial charge in [-0.25, -0.2) is 9.48 Å². The van der Waals surface area contributed by atoms with Gasteiger partial charge in [-0.3, -0.25) is 9.59 Å². The first-order valence-electron chi connectivity index (χ1n) is 10.7. The van der Waals surface area contributed by atoms with Crippen molar-refractivity contribution in [1.82, 2.24) is 20.0 Å². The van der Waals surface area contributed by atoms with Crippen molar-refractivity contribution in [3.05, 3.63) is 75.7 Å². The number of amides is 1. The number of fused-ring (bicyclic) bond motifs is 1. The minimum Gasteiger partial charge on any atom is -0.465 e. The SMILES string of the molecule is COC(=O)c1ccc(C(=O)NCc2nn(CCN3CCCC3)c(=O)c3ccccc23)cc1. The maximum Gasteiger partial charge on any atom is 0.337 e. The third-order valence-electron chi connectivity index (χ3n) is 5.76. The van der Waals surface area contributed by atoms with Crippen LogP contribution in [0.4, 0.5) is 0 Å². The van der Waals surface area contributed by atoms with E-state index in [1.165, 1.54) is 24.6 Å². The molecule has 1 fully saturated rings. The van der Waals surface area contributed by atoms with Gasteiger partial charge in [-0.15, -0.1) is 0 Å². The summed E-state index contributed by atoms with van der Waals surface area (Å²) < 4.78 is 6.18. The maximum absolute atomic E-state index is 12.9. The lowest BCUT2D eigenvalue weighted by Crippen LogP contribution is -2.32. The Labute approximate surface area is 185 Å². The average molecular weight is 434 g/mol. The van der Waals surface area contributed by atoms with Crippen LogP contribution in [0.15, 0.2) is 53.3 Å². The Bertz CT molecular complexity index is 1180. The van der Waals surface area contributed by atoms with Gasteiger partial charge >= 0.3 is 5.97 Å². The number of nitrogens with zero attached hydrogens (tertiary/aromatic N) is 3. The zero-order chi connectivity index (χ0) is 22.5. The molecule has 166 valence electrons. The third kappa shape index (κ3) is 4.70. The van der Waals surface area contributed by atoms with E-state index >= 15 is 0 Å². The van der Waals surface area contributed by atoms with Gasteiger partial charge in [-0.05, 0) is 56.3 Å². The second-order valence-corrected chi connectivity index (χ2v) is 7.82. The molecule has 0 atom stereocenters. The predicted molar refractivity (Wildman–Crippen MR) is 121 cm³/mol. The smallest absolute Gasteiger partial charge is 0.337 e. The van der Waals surface area contributed by atoms with E-state index in [4.69, 9.17) is 0 Å². The number of carbonyl (C=O) groups is 2. The summed E-state index contributed by atoms with van der Waals surface area (Å²) in [5, 5.41) is 8.77. The van der Waals surface area contributed by atoms with Crippen molar-refractivity contribution in [2.24, 2.45) is 0 Å². The van der Waals surface area contributed by atoms with Crippen LogP contribution in [0.2, 0.25) is 0 Å². The van der Waals surface area contributed by atoms with Crippen LogP contribution in [0.1, 0.15) is 39.3 Å². The first kappa shape index (κ1) is 21.7. The number of methoxy groups -OCH3 is 1. The third-order valence-corrected chi connectivity index (χ3v) is 5.76. The normalized spacial score (nSPS) is 13.9. The van der Waals surface area contributed by atoms with Crippen LogP contribution in [-0.2, 0) is 17.8 Å². The second kappa shape index (κ2) is 9.74. The fraction of sp³-hybridized carbons (Fsp3) is 0.333. The highest BCUT2D eigenvalue weighted by atomic mass is 16.5. The number of hydrogen-bond acceptors (Lipinski definition) is 6. The standard InChI is InChI=1S/C24H26N4O4/c1-32-24(31)18-10-8-17(9-11-18)22(29)25-16-21-19-6-2-3-7-20(19)23(30)28(26-21)15-14-27-12-4-5-13-27/h2-3,6-11H,4-5,12-16H2,1H3,(H,25,29). The van der Waals surface area contributed by atoms with Crippen LogP contribution >= 0.6 is 0 Å². The molecule has 0 unspecified atom stereocenters. The molecule has 0 saturated carbocycles. The summed E-state index contributed by atoms with van der Waals surface area (Å²) in [7, 11) is 1.31. The second-order valence-electron chi connectivity index (χ2n) is 7.82. The minimum atomic E-state index is -0.455. The topological polar surface area (TPSA) is 93.5 Å². The molecule has 8 heteroatoms. The van der Waals surface area contributed by atoms with Gasteiger partial charge in [0.15, 0.2) is 0 Å². The van der Waals surface area contributed by atoms with Gasteiger partial charge in [0.2, 0.25) is 0 Å². The van der Waals surface area contributed by atoms with E-state index in [9.17, 15) is 14.4 Å². The summed E-state index contributed by atoms with van der Waals surface area (Å²) in [4.78, 5) is 39.4. The largest absolute Gasteiger partial charge is 0.465 e. The Morgan fingerprint density at radius 2 is 1.62 bits per heavy atom. The number of nitrogens with one attached hydrogen (secondary N) is 1. The molecule has 0 spiro atoms. The molecule has 1 amide bonds. The quantitative estimate of drug-likeness (QED) is 0.573. The van der Waals surface area contributed by atoms with Gasteiger partial charge < -0.3 is 15.0 Å². The number of carbonyl (C=O) groups excluding carboxylic acids is 2. The maximum atomic E-state index is 12.9. The van der Waals surface area contributed by atoms with E-state index in [1.54, 1.807) is 30.3 Å². The predicted octanol–water partition coefficient (Wildman–Crippen LogP) is 2.21. The van der Waals surface area contributed by atoms with E-state index in [1.807, 2.05) is 18.2 Å². The molecule has 0 bridgehead atoms. The number of likely N-dealkylation sites (tertiary alicyclic amines) is 1. The summed E-state index contributed by atoms with van der Waals surface area (Å²) in [6, 6.07) is 13.6. The number of ether oxygens (including phenoxy) is 1. The average Bonchev–Trinajstić information content (AvgIpc) is 3.36. The van der Waals surface area contributed by atoms with Crippen molar-refractivity contribution in [3.63, 3.8) is 0 Å². The Morgan fingerprint density at radius 1 is 0.969 bits per heavy atom. The molecule has 2 heterocycles. The highest BCUT2D eigenvalue weighted by molar-refractivity contribution is 5.96. The molecule has 0 radical (unpaired) electrons. The Balaban J connectivity index is 1.52. The first-order chi connectivity index (χ1) is 15.6. The van der Waals surface area contributed by atoms with E-state index in [2.05, 4.69) is 20.1 Å². The Kier molecular flexibility index (Phi) is 6.61. The van der Waals surface area contributed by atoms with Gasteiger partial charge in [0, 0.05) is 17.5 Å². The minimum absolute atomic E-state index is 0.117. The van der Waals surface area contributed by atoms with Crippen molar-refractivity contribution in [3.8, 4) is 0 Å². The molecule has 2 aromatic carbocycles. The van der Waals surface area contributed by atoms with Crippen LogP contribution in [0.25, 0.3) is 10.8 Å². The van der Waals surface area contributed by atoms with Gasteiger partial charge in [0.05, 0.1) is 36.8 Å². The fourth-order valence-electron chi connectivity index (χ4n) is 3.97. The molecule has 1 N–H and O–H groups in total. The van der Waals surface area contributed by atoms with Gasteiger partial charge in [0.1, 0.15) is 0 Å². The zero-order valence-electron chi connectivity index (χ0n) is 18.0. The summed E-state index contributed by atoms with van der Waals surface area (Å²) in [5.74, 6) is -0.745. The number of rotatable bonds is 7. The summed E-state index contributed by atoms with van der Waals surface area (Å²) >= 11 is 0. The van der Waals surface area contributed by atoms with Gasteiger partial charge in [0.25, 0.3) is 11.5 Å². The number of hydrogen-bond donors (Lipinski definition) is 1. The van der Waals surface area contributed by atoms with Crippen molar-refractivity contribution in [1.29, 1.82) is 0 Å². The van der Waals surface area contributed by atoms with Crippen molar-refractivity contribution in [2.45, 2.75) is 25.9 Å². The van der Waals surface area contributed by atoms with E-state index in [0.29, 0.717) is 28.8 Å². The lowest BCUT2D eigenvalue weighted by molar-refractivity contribution is 0.0600. The zero-order valence-corrected chi connectivity index (χ0v) is 18.0. The number of benzene rings is 2. The summed E-state index contributed by atoms with van der Waals surface area (Å²) in [6.45, 7) is 3.59. The molecule has 32 heavy (non-hydrogen) atoms. The number of aromatic nitrogens is 2. The van der Waals surface area contributed by atoms with Crippen molar-refractivity contribution in [2.75, 3.05) is 26.7 Å². The van der Waals surface area contributed by atoms with E-state index in [-0.39, 0.29) is 18.0 Å². The highest BCUT2D eigenvalue weighted by Crippen LogP contribution is 2.14. The lowest BCUT2D eigenvalue weighted by atomic mass is 10.1. The fourth-order valence-corrected chi connectivity index (χ4v) is 3.97. The van der Waals surface area contributed by atoms with Gasteiger partial charge in [-0.1, -0.05) is 18.2 Å².